The Hall–Kier alpha value is -4.03. The fraction of sp³-hybridized carbons (Fsp3) is 0.720. The second-order valence-electron chi connectivity index (χ2n) is 9.81. The van der Waals surface area contributed by atoms with Crippen molar-refractivity contribution in [2.24, 2.45) is 33.7 Å². The molecule has 0 aliphatic rings. The molecule has 0 aliphatic carbocycles. The first-order valence-corrected chi connectivity index (χ1v) is 14.2. The molecule has 0 bridgehead atoms. The molecule has 16 N–H and O–H groups in total. The number of unbranched alkanes of at least 4 members (excludes halogenated alkanes) is 2. The van der Waals surface area contributed by atoms with Crippen LogP contribution in [0.2, 0.25) is 0 Å². The van der Waals surface area contributed by atoms with Crippen LogP contribution in [0.15, 0.2) is 4.99 Å². The minimum absolute atomic E-state index is 0.0650. The number of aliphatic carboxylic acids is 1. The molecule has 246 valence electrons. The van der Waals surface area contributed by atoms with E-state index in [2.05, 4.69) is 31.6 Å². The van der Waals surface area contributed by atoms with Crippen molar-refractivity contribution in [3.8, 4) is 0 Å². The SMILES string of the molecule is C[C@H](NC(=O)[C@H](CCCN=C(N)N)NC(=O)[C@H](CCCCN)NC(=O)[C@H](CCCCN)NC(=O)CN)C(=O)NCC(=O)O. The van der Waals surface area contributed by atoms with Crippen LogP contribution in [0.5, 0.6) is 0 Å². The van der Waals surface area contributed by atoms with Crippen molar-refractivity contribution in [1.29, 1.82) is 0 Å². The number of carboxylic acid groups (broad SMARTS) is 1. The highest BCUT2D eigenvalue weighted by Crippen LogP contribution is 2.07. The molecule has 0 aromatic heterocycles. The van der Waals surface area contributed by atoms with E-state index in [4.69, 9.17) is 33.8 Å². The lowest BCUT2D eigenvalue weighted by molar-refractivity contribution is -0.138. The zero-order chi connectivity index (χ0) is 32.8. The van der Waals surface area contributed by atoms with Gasteiger partial charge in [-0.05, 0) is 71.4 Å². The van der Waals surface area contributed by atoms with Gasteiger partial charge in [-0.2, -0.15) is 0 Å². The quantitative estimate of drug-likeness (QED) is 0.0294. The van der Waals surface area contributed by atoms with Crippen molar-refractivity contribution in [3.05, 3.63) is 0 Å². The first kappa shape index (κ1) is 39.0. The Morgan fingerprint density at radius 2 is 1.14 bits per heavy atom. The third-order valence-corrected chi connectivity index (χ3v) is 6.11. The molecule has 43 heavy (non-hydrogen) atoms. The zero-order valence-electron chi connectivity index (χ0n) is 24.7. The van der Waals surface area contributed by atoms with Gasteiger partial charge in [-0.3, -0.25) is 33.8 Å². The van der Waals surface area contributed by atoms with E-state index in [1.165, 1.54) is 6.92 Å². The van der Waals surface area contributed by atoms with E-state index in [0.29, 0.717) is 38.8 Å². The lowest BCUT2D eigenvalue weighted by Gasteiger charge is -2.26. The van der Waals surface area contributed by atoms with E-state index in [1.54, 1.807) is 0 Å². The Bertz CT molecular complexity index is 945. The van der Waals surface area contributed by atoms with E-state index in [9.17, 15) is 28.8 Å². The number of carbonyl (C=O) groups is 6. The Balaban J connectivity index is 5.81. The van der Waals surface area contributed by atoms with E-state index < -0.39 is 66.2 Å². The lowest BCUT2D eigenvalue weighted by Crippen LogP contribution is -2.58. The summed E-state index contributed by atoms with van der Waals surface area (Å²) in [6.07, 6.45) is 2.99. The van der Waals surface area contributed by atoms with Crippen molar-refractivity contribution in [2.75, 3.05) is 32.7 Å². The predicted octanol–water partition coefficient (Wildman–Crippen LogP) is -4.58. The van der Waals surface area contributed by atoms with Gasteiger partial charge in [-0.1, -0.05) is 0 Å². The molecule has 0 aliphatic heterocycles. The minimum atomic E-state index is -1.26. The number of nitrogens with two attached hydrogens (primary N) is 5. The highest BCUT2D eigenvalue weighted by molar-refractivity contribution is 5.95. The van der Waals surface area contributed by atoms with Crippen molar-refractivity contribution in [1.82, 2.24) is 26.6 Å². The monoisotopic (exact) mass is 615 g/mol. The Kier molecular flexibility index (Phi) is 20.4. The zero-order valence-corrected chi connectivity index (χ0v) is 24.7. The van der Waals surface area contributed by atoms with Gasteiger partial charge in [0.2, 0.25) is 29.5 Å². The summed E-state index contributed by atoms with van der Waals surface area (Å²) >= 11 is 0. The van der Waals surface area contributed by atoms with Crippen LogP contribution in [-0.2, 0) is 28.8 Å². The molecule has 0 heterocycles. The Morgan fingerprint density at radius 3 is 1.58 bits per heavy atom. The standard InChI is InChI=1S/C25H49N11O7/c1-15(21(40)32-14-20(38)39)33-22(41)18(9-6-12-31-25(29)30)36-24(43)17(8-3-5-11-27)35-23(42)16(7-2-4-10-26)34-19(37)13-28/h15-18H,2-14,26-28H2,1H3,(H,32,40)(H,33,41)(H,34,37)(H,35,42)(H,36,43)(H,38,39)(H4,29,30,31)/t15-,16-,17-,18-/m0/s1. The maximum absolute atomic E-state index is 13.4. The highest BCUT2D eigenvalue weighted by atomic mass is 16.4. The second-order valence-corrected chi connectivity index (χ2v) is 9.81. The molecule has 0 aromatic rings. The van der Waals surface area contributed by atoms with Gasteiger partial charge in [0.1, 0.15) is 30.7 Å². The summed E-state index contributed by atoms with van der Waals surface area (Å²) in [5, 5.41) is 21.2. The van der Waals surface area contributed by atoms with Gasteiger partial charge in [0.05, 0.1) is 6.54 Å². The van der Waals surface area contributed by atoms with Gasteiger partial charge in [-0.25, -0.2) is 0 Å². The normalized spacial score (nSPS) is 13.4. The first-order chi connectivity index (χ1) is 20.4. The second kappa shape index (κ2) is 22.6. The largest absolute Gasteiger partial charge is 0.480 e. The number of hydrogen-bond acceptors (Lipinski definition) is 10. The van der Waals surface area contributed by atoms with Crippen molar-refractivity contribution < 1.29 is 33.9 Å². The van der Waals surface area contributed by atoms with Crippen LogP contribution in [0.4, 0.5) is 0 Å². The number of nitrogens with zero attached hydrogens (tertiary/aromatic N) is 1. The fourth-order valence-electron chi connectivity index (χ4n) is 3.79. The number of carboxylic acids is 1. The maximum Gasteiger partial charge on any atom is 0.322 e. The van der Waals surface area contributed by atoms with Crippen LogP contribution >= 0.6 is 0 Å². The summed E-state index contributed by atoms with van der Waals surface area (Å²) < 4.78 is 0. The van der Waals surface area contributed by atoms with E-state index in [1.807, 2.05) is 0 Å². The number of nitrogens with one attached hydrogen (secondary N) is 5. The number of carbonyl (C=O) groups excluding carboxylic acids is 5. The molecule has 0 fully saturated rings. The molecule has 0 unspecified atom stereocenters. The average molecular weight is 616 g/mol. The summed E-state index contributed by atoms with van der Waals surface area (Å²) in [4.78, 5) is 78.4. The molecule has 0 radical (unpaired) electrons. The molecule has 0 rings (SSSR count). The molecule has 5 amide bonds. The van der Waals surface area contributed by atoms with Crippen molar-refractivity contribution in [2.45, 2.75) is 82.5 Å². The van der Waals surface area contributed by atoms with Crippen molar-refractivity contribution >= 4 is 41.5 Å². The number of amides is 5. The summed E-state index contributed by atoms with van der Waals surface area (Å²) in [5.74, 6) is -4.71. The van der Waals surface area contributed by atoms with E-state index >= 15 is 0 Å². The van der Waals surface area contributed by atoms with Gasteiger partial charge >= 0.3 is 5.97 Å². The van der Waals surface area contributed by atoms with Gasteiger partial charge in [0.25, 0.3) is 0 Å². The van der Waals surface area contributed by atoms with Gasteiger partial charge in [-0.15, -0.1) is 0 Å². The van der Waals surface area contributed by atoms with E-state index in [-0.39, 0.29) is 44.7 Å². The average Bonchev–Trinajstić information content (AvgIpc) is 2.95. The number of guanidine groups is 1. The summed E-state index contributed by atoms with van der Waals surface area (Å²) in [7, 11) is 0. The van der Waals surface area contributed by atoms with E-state index in [0.717, 1.165) is 0 Å². The Labute approximate surface area is 251 Å². The first-order valence-electron chi connectivity index (χ1n) is 14.2. The third kappa shape index (κ3) is 18.2. The fourth-order valence-corrected chi connectivity index (χ4v) is 3.79. The lowest BCUT2D eigenvalue weighted by atomic mass is 10.0. The van der Waals surface area contributed by atoms with Crippen LogP contribution in [0, 0.1) is 0 Å². The van der Waals surface area contributed by atoms with Crippen LogP contribution in [0.25, 0.3) is 0 Å². The van der Waals surface area contributed by atoms with Gasteiger partial charge < -0.3 is 60.4 Å². The highest BCUT2D eigenvalue weighted by Gasteiger charge is 2.30. The molecule has 0 aromatic carbocycles. The molecule has 4 atom stereocenters. The predicted molar refractivity (Wildman–Crippen MR) is 159 cm³/mol. The van der Waals surface area contributed by atoms with Crippen LogP contribution in [-0.4, -0.2) is 103 Å². The summed E-state index contributed by atoms with van der Waals surface area (Å²) in [6.45, 7) is 1.29. The minimum Gasteiger partial charge on any atom is -0.480 e. The van der Waals surface area contributed by atoms with Crippen LogP contribution in [0.1, 0.15) is 58.3 Å². The molecule has 0 saturated carbocycles. The molecule has 18 heteroatoms. The maximum atomic E-state index is 13.4. The van der Waals surface area contributed by atoms with Crippen LogP contribution < -0.4 is 55.3 Å². The molecule has 0 saturated heterocycles. The van der Waals surface area contributed by atoms with Crippen molar-refractivity contribution in [3.63, 3.8) is 0 Å². The number of rotatable bonds is 23. The van der Waals surface area contributed by atoms with Gasteiger partial charge in [0, 0.05) is 6.54 Å². The summed E-state index contributed by atoms with van der Waals surface area (Å²) in [5.41, 5.74) is 27.2. The molecule has 0 spiro atoms. The third-order valence-electron chi connectivity index (χ3n) is 6.11. The topological polar surface area (TPSA) is 325 Å². The summed E-state index contributed by atoms with van der Waals surface area (Å²) in [6, 6.07) is -4.33. The smallest absolute Gasteiger partial charge is 0.322 e. The van der Waals surface area contributed by atoms with Gasteiger partial charge in [0.15, 0.2) is 5.96 Å². The molecule has 18 nitrogen and oxygen atoms in total. The number of aliphatic imine (C=N–C) groups is 1. The number of hydrogen-bond donors (Lipinski definition) is 11. The van der Waals surface area contributed by atoms with Crippen LogP contribution in [0.3, 0.4) is 0 Å². The molecular formula is C25H49N11O7. The Morgan fingerprint density at radius 1 is 0.674 bits per heavy atom. The molecular weight excluding hydrogens is 566 g/mol.